The van der Waals surface area contributed by atoms with E-state index in [-0.39, 0.29) is 30.3 Å². The minimum Gasteiger partial charge on any atom is -0.421 e. The normalized spacial score (nSPS) is 16.9. The lowest BCUT2D eigenvalue weighted by Gasteiger charge is -2.23. The molecule has 5 heterocycles. The van der Waals surface area contributed by atoms with Crippen molar-refractivity contribution >= 4 is 23.2 Å². The van der Waals surface area contributed by atoms with E-state index < -0.39 is 11.6 Å². The van der Waals surface area contributed by atoms with Crippen molar-refractivity contribution in [3.8, 4) is 21.9 Å². The maximum atomic E-state index is 13.8. The van der Waals surface area contributed by atoms with E-state index in [9.17, 15) is 18.4 Å². The predicted molar refractivity (Wildman–Crippen MR) is 160 cm³/mol. The van der Waals surface area contributed by atoms with Gasteiger partial charge in [0.05, 0.1) is 33.4 Å². The van der Waals surface area contributed by atoms with E-state index >= 15 is 0 Å². The van der Waals surface area contributed by atoms with Gasteiger partial charge in [0.2, 0.25) is 11.8 Å². The molecule has 4 aromatic rings. The third kappa shape index (κ3) is 5.75. The molecule has 230 valence electrons. The van der Waals surface area contributed by atoms with Crippen LogP contribution in [-0.4, -0.2) is 52.2 Å². The fourth-order valence-electron chi connectivity index (χ4n) is 6.03. The Balaban J connectivity index is 1.42. The quantitative estimate of drug-likeness (QED) is 0.235. The van der Waals surface area contributed by atoms with Crippen LogP contribution in [-0.2, 0) is 17.7 Å². The van der Waals surface area contributed by atoms with Crippen molar-refractivity contribution in [3.05, 3.63) is 75.2 Å². The second-order valence-electron chi connectivity index (χ2n) is 11.2. The van der Waals surface area contributed by atoms with Gasteiger partial charge in [-0.2, -0.15) is 0 Å². The lowest BCUT2D eigenvalue weighted by molar-refractivity contribution is 0.0639. The van der Waals surface area contributed by atoms with E-state index in [4.69, 9.17) is 14.1 Å². The number of nitrogens with zero attached hydrogens (tertiary/aromatic N) is 4. The van der Waals surface area contributed by atoms with Crippen LogP contribution in [0.4, 0.5) is 8.78 Å². The van der Waals surface area contributed by atoms with Crippen LogP contribution in [0.15, 0.2) is 34.7 Å². The zero-order chi connectivity index (χ0) is 31.0. The number of hydrogen-bond acceptors (Lipinski definition) is 8. The fourth-order valence-corrected chi connectivity index (χ4v) is 7.01. The first-order valence-corrected chi connectivity index (χ1v) is 15.6. The number of carbonyl (C=O) groups excluding carboxylic acids is 2. The molecule has 2 aliphatic rings. The van der Waals surface area contributed by atoms with Gasteiger partial charge in [-0.1, -0.05) is 13.0 Å². The fraction of sp³-hybridized carbons (Fsp3) is 0.406. The molecule has 1 N–H and O–H groups in total. The monoisotopic (exact) mass is 621 g/mol. The standard InChI is InChI=1S/C32H33F2N5O4S/c1-4-23-29-28(32(41)39(23)3)27(24-9-10-25(44-24)30(40)35-16-19-5-7-20(33)21(34)15-19)26(31-38-37-17(2)43-31)22(36-29)8-6-18-11-13-42-14-12-18/h5,7,9-10,15,18,23H,4,6,8,11-14,16H2,1-3H3,(H,35,40). The highest BCUT2D eigenvalue weighted by Gasteiger charge is 2.40. The highest BCUT2D eigenvalue weighted by atomic mass is 32.1. The summed E-state index contributed by atoms with van der Waals surface area (Å²) in [5, 5.41) is 11.2. The molecule has 1 aromatic carbocycles. The smallest absolute Gasteiger partial charge is 0.261 e. The molecule has 44 heavy (non-hydrogen) atoms. The van der Waals surface area contributed by atoms with Crippen molar-refractivity contribution in [1.29, 1.82) is 0 Å². The Bertz CT molecular complexity index is 1710. The van der Waals surface area contributed by atoms with Gasteiger partial charge < -0.3 is 19.4 Å². The van der Waals surface area contributed by atoms with Crippen LogP contribution in [0.25, 0.3) is 21.9 Å². The highest BCUT2D eigenvalue weighted by Crippen LogP contribution is 2.47. The molecule has 0 aliphatic carbocycles. The van der Waals surface area contributed by atoms with E-state index in [2.05, 4.69) is 15.5 Å². The molecule has 3 aromatic heterocycles. The number of nitrogens with one attached hydrogen (secondary N) is 1. The summed E-state index contributed by atoms with van der Waals surface area (Å²) in [5.41, 5.74) is 3.67. The van der Waals surface area contributed by atoms with Crippen LogP contribution < -0.4 is 5.32 Å². The molecule has 1 unspecified atom stereocenters. The molecule has 1 atom stereocenters. The number of pyridine rings is 1. The summed E-state index contributed by atoms with van der Waals surface area (Å²) in [6.07, 6.45) is 4.22. The number of halogens is 2. The summed E-state index contributed by atoms with van der Waals surface area (Å²) in [6, 6.07) is 6.83. The Morgan fingerprint density at radius 1 is 1.09 bits per heavy atom. The summed E-state index contributed by atoms with van der Waals surface area (Å²) in [5.74, 6) is -1.28. The molecule has 12 heteroatoms. The zero-order valence-electron chi connectivity index (χ0n) is 24.8. The van der Waals surface area contributed by atoms with E-state index in [1.807, 2.05) is 13.0 Å². The van der Waals surface area contributed by atoms with Gasteiger partial charge in [-0.05, 0) is 67.9 Å². The van der Waals surface area contributed by atoms with Gasteiger partial charge >= 0.3 is 0 Å². The minimum atomic E-state index is -0.974. The number of hydrogen-bond donors (Lipinski definition) is 1. The van der Waals surface area contributed by atoms with Crippen LogP contribution in [0.3, 0.4) is 0 Å². The number of amides is 2. The van der Waals surface area contributed by atoms with Crippen molar-refractivity contribution in [1.82, 2.24) is 25.4 Å². The Morgan fingerprint density at radius 3 is 2.59 bits per heavy atom. The molecule has 0 saturated carbocycles. The average Bonchev–Trinajstić information content (AvgIpc) is 3.75. The summed E-state index contributed by atoms with van der Waals surface area (Å²) in [6.45, 7) is 5.26. The number of carbonyl (C=O) groups is 2. The first-order chi connectivity index (χ1) is 21.2. The molecule has 0 radical (unpaired) electrons. The maximum absolute atomic E-state index is 13.8. The zero-order valence-corrected chi connectivity index (χ0v) is 25.6. The Morgan fingerprint density at radius 2 is 1.89 bits per heavy atom. The summed E-state index contributed by atoms with van der Waals surface area (Å²) in [4.78, 5) is 34.9. The van der Waals surface area contributed by atoms with Crippen LogP contribution in [0, 0.1) is 24.5 Å². The predicted octanol–water partition coefficient (Wildman–Crippen LogP) is 6.27. The van der Waals surface area contributed by atoms with Crippen molar-refractivity contribution in [3.63, 3.8) is 0 Å². The van der Waals surface area contributed by atoms with Crippen molar-refractivity contribution in [2.45, 2.75) is 58.5 Å². The topological polar surface area (TPSA) is 110 Å². The van der Waals surface area contributed by atoms with Crippen molar-refractivity contribution < 1.29 is 27.5 Å². The largest absolute Gasteiger partial charge is 0.421 e. The third-order valence-electron chi connectivity index (χ3n) is 8.39. The molecule has 1 fully saturated rings. The number of rotatable bonds is 9. The molecule has 0 spiro atoms. The molecular formula is C32H33F2N5O4S. The van der Waals surface area contributed by atoms with Gasteiger partial charge in [0.1, 0.15) is 0 Å². The van der Waals surface area contributed by atoms with Crippen molar-refractivity contribution in [2.24, 2.45) is 5.92 Å². The maximum Gasteiger partial charge on any atom is 0.261 e. The Hall–Kier alpha value is -4.03. The summed E-state index contributed by atoms with van der Waals surface area (Å²) < 4.78 is 38.5. The number of ether oxygens (including phenoxy) is 1. The molecule has 2 amide bonds. The Labute approximate surface area is 257 Å². The Kier molecular flexibility index (Phi) is 8.55. The van der Waals surface area contributed by atoms with E-state index in [1.165, 1.54) is 17.4 Å². The van der Waals surface area contributed by atoms with Gasteiger partial charge in [-0.25, -0.2) is 8.78 Å². The minimum absolute atomic E-state index is 0.0260. The second-order valence-corrected chi connectivity index (χ2v) is 12.3. The number of fused-ring (bicyclic) bond motifs is 1. The molecular weight excluding hydrogens is 588 g/mol. The molecule has 6 rings (SSSR count). The van der Waals surface area contributed by atoms with Crippen LogP contribution >= 0.6 is 11.3 Å². The second kappa shape index (κ2) is 12.5. The van der Waals surface area contributed by atoms with Crippen LogP contribution in [0.5, 0.6) is 0 Å². The average molecular weight is 622 g/mol. The van der Waals surface area contributed by atoms with Gasteiger partial charge in [0.25, 0.3) is 11.8 Å². The molecule has 1 saturated heterocycles. The van der Waals surface area contributed by atoms with Gasteiger partial charge in [-0.15, -0.1) is 21.5 Å². The van der Waals surface area contributed by atoms with Gasteiger partial charge in [0.15, 0.2) is 11.6 Å². The summed E-state index contributed by atoms with van der Waals surface area (Å²) in [7, 11) is 1.78. The molecule has 2 aliphatic heterocycles. The van der Waals surface area contributed by atoms with Gasteiger partial charge in [-0.3, -0.25) is 14.6 Å². The number of benzene rings is 1. The SMILES string of the molecule is CCC1c2nc(CCC3CCOCC3)c(-c3nnc(C)o3)c(-c3ccc(C(=O)NCc4ccc(F)c(F)c4)s3)c2C(=O)N1C. The molecule has 9 nitrogen and oxygen atoms in total. The number of thiophene rings is 1. The lowest BCUT2D eigenvalue weighted by atomic mass is 9.90. The van der Waals surface area contributed by atoms with Crippen LogP contribution in [0.2, 0.25) is 0 Å². The first-order valence-electron chi connectivity index (χ1n) is 14.8. The summed E-state index contributed by atoms with van der Waals surface area (Å²) >= 11 is 1.23. The highest BCUT2D eigenvalue weighted by molar-refractivity contribution is 7.17. The van der Waals surface area contributed by atoms with E-state index in [0.29, 0.717) is 56.7 Å². The third-order valence-corrected chi connectivity index (χ3v) is 9.49. The number of aromatic nitrogens is 3. The first kappa shape index (κ1) is 30.0. The van der Waals surface area contributed by atoms with E-state index in [1.54, 1.807) is 24.9 Å². The van der Waals surface area contributed by atoms with Crippen molar-refractivity contribution in [2.75, 3.05) is 20.3 Å². The lowest BCUT2D eigenvalue weighted by Crippen LogP contribution is -2.22. The van der Waals surface area contributed by atoms with Crippen LogP contribution in [0.1, 0.15) is 81.5 Å². The molecule has 0 bridgehead atoms. The van der Waals surface area contributed by atoms with Gasteiger partial charge in [0, 0.05) is 44.2 Å². The van der Waals surface area contributed by atoms with E-state index in [0.717, 1.165) is 56.0 Å². The number of aryl methyl sites for hydroxylation is 2.